The second kappa shape index (κ2) is 17.4. The monoisotopic (exact) mass is 998 g/mol. The van der Waals surface area contributed by atoms with E-state index in [9.17, 15) is 0 Å². The first-order valence-electron chi connectivity index (χ1n) is 14.8. The van der Waals surface area contributed by atoms with Gasteiger partial charge in [0.05, 0.1) is 0 Å². The Hall–Kier alpha value is -5.03. The van der Waals surface area contributed by atoms with Gasteiger partial charge in [0.1, 0.15) is 5.69 Å². The van der Waals surface area contributed by atoms with E-state index in [0.717, 1.165) is 39.5 Å². The largest absolute Gasteiger partial charge is 4.00 e. The van der Waals surface area contributed by atoms with Gasteiger partial charge in [-0.25, -0.2) is 24.2 Å². The van der Waals surface area contributed by atoms with Gasteiger partial charge in [0, 0.05) is 34.4 Å². The normalized spacial score (nSPS) is 11.1. The van der Waals surface area contributed by atoms with Crippen molar-refractivity contribution in [2.24, 2.45) is 0 Å². The molecule has 6 aromatic rings. The van der Waals surface area contributed by atoms with Gasteiger partial charge in [-0.1, -0.05) is 39.2 Å². The van der Waals surface area contributed by atoms with Crippen molar-refractivity contribution in [3.8, 4) is 51.4 Å². The van der Waals surface area contributed by atoms with Gasteiger partial charge in [-0.15, -0.1) is 48.0 Å². The number of nitrogens with zero attached hydrogens (tertiary/aromatic N) is 4. The molecule has 2 aromatic heterocycles. The average molecular weight is 999 g/mol. The fourth-order valence-electron chi connectivity index (χ4n) is 4.71. The van der Waals surface area contributed by atoms with Crippen molar-refractivity contribution in [3.63, 3.8) is 0 Å². The van der Waals surface area contributed by atoms with E-state index < -0.39 is 0 Å². The first kappa shape index (κ1) is 36.8. The molecular weight excluding hydrogens is 971 g/mol. The zero-order valence-electron chi connectivity index (χ0n) is 26.7. The minimum Gasteiger partial charge on any atom is -0.669 e. The molecule has 0 radical (unpaired) electrons. The number of aryl methyl sites for hydroxylation is 2. The summed E-state index contributed by atoms with van der Waals surface area (Å²) in [6, 6.07) is 52.2. The van der Waals surface area contributed by atoms with E-state index in [-0.39, 0.29) is 42.1 Å². The summed E-state index contributed by atoms with van der Waals surface area (Å²) in [6.45, 7) is 3.91. The summed E-state index contributed by atoms with van der Waals surface area (Å²) in [4.78, 5) is 4.52. The number of hydrogen-bond donors (Lipinski definition) is 0. The minimum absolute atomic E-state index is 0. The van der Waals surface area contributed by atoms with Crippen LogP contribution >= 0.6 is 0 Å². The molecule has 242 valence electrons. The molecule has 0 spiro atoms. The summed E-state index contributed by atoms with van der Waals surface area (Å²) < 4.78 is 17.4. The SMILES string of the molecule is C[N+]1=C=[N+](c2[c-]c(Oc3[c-]c(-c4cc(-c5[c-]c(Oc6[c-]cccc6)ccc5)[c-]cn4)ccc3)ccc2)C=C1.[C-]#Cn1c(C)ccc1C.[Pt+2].[Pt+4]. The van der Waals surface area contributed by atoms with E-state index >= 15 is 0 Å². The van der Waals surface area contributed by atoms with Crippen LogP contribution in [0, 0.1) is 56.6 Å². The fraction of sp³-hybridized carbons (Fsp3) is 0.0732. The van der Waals surface area contributed by atoms with Gasteiger partial charge in [0.25, 0.3) is 6.20 Å². The van der Waals surface area contributed by atoms with Crippen molar-refractivity contribution < 1.29 is 60.8 Å². The number of benzene rings is 4. The standard InChI is InChI=1S/C33H20N3O2.C8H8N.2Pt/c1-35-18-19-36(24-35)28-10-7-15-32(23-28)38-31-14-6-9-27(21-31)33-22-26(16-17-34-33)25-8-5-13-30(20-25)37-29-11-3-2-4-12-29;1-4-9-7(2)5-6-8(9)3;;/h2-11,13-15,17-19,22H,1H3;5-6H,2-3H3;;/q-3;-1;+2;+4. The zero-order chi connectivity index (χ0) is 32.6. The third-order valence-corrected chi connectivity index (χ3v) is 7.03. The van der Waals surface area contributed by atoms with Crippen LogP contribution in [0.2, 0.25) is 0 Å². The molecule has 4 aromatic carbocycles. The van der Waals surface area contributed by atoms with Crippen molar-refractivity contribution in [2.45, 2.75) is 13.8 Å². The van der Waals surface area contributed by atoms with E-state index in [2.05, 4.69) is 47.4 Å². The Labute approximate surface area is 316 Å². The fourth-order valence-corrected chi connectivity index (χ4v) is 4.71. The average Bonchev–Trinajstić information content (AvgIpc) is 3.69. The first-order valence-corrected chi connectivity index (χ1v) is 14.8. The van der Waals surface area contributed by atoms with Crippen LogP contribution < -0.4 is 9.47 Å². The van der Waals surface area contributed by atoms with Gasteiger partial charge >= 0.3 is 48.1 Å². The predicted octanol–water partition coefficient (Wildman–Crippen LogP) is 8.44. The predicted molar refractivity (Wildman–Crippen MR) is 179 cm³/mol. The van der Waals surface area contributed by atoms with Crippen LogP contribution in [0.1, 0.15) is 11.4 Å². The summed E-state index contributed by atoms with van der Waals surface area (Å²) >= 11 is 0. The molecular formula is C41H28N4O2Pt2+2. The van der Waals surface area contributed by atoms with Crippen LogP contribution in [0.15, 0.2) is 116 Å². The van der Waals surface area contributed by atoms with Crippen molar-refractivity contribution in [1.82, 2.24) is 9.55 Å². The second-order valence-corrected chi connectivity index (χ2v) is 10.5. The van der Waals surface area contributed by atoms with Crippen LogP contribution in [-0.2, 0) is 42.1 Å². The summed E-state index contributed by atoms with van der Waals surface area (Å²) in [5.74, 6) is 2.38. The third-order valence-electron chi connectivity index (χ3n) is 7.03. The molecule has 8 heteroatoms. The summed E-state index contributed by atoms with van der Waals surface area (Å²) in [6.07, 6.45) is 12.3. The number of aromatic nitrogens is 2. The van der Waals surface area contributed by atoms with Gasteiger partial charge in [-0.3, -0.25) is 11.1 Å². The van der Waals surface area contributed by atoms with Gasteiger partial charge in [-0.05, 0) is 26.0 Å². The maximum absolute atomic E-state index is 6.86. The molecule has 7 rings (SSSR count). The molecule has 0 saturated carbocycles. The molecule has 0 saturated heterocycles. The van der Waals surface area contributed by atoms with E-state index in [1.54, 1.807) is 10.8 Å². The van der Waals surface area contributed by atoms with E-state index in [1.807, 2.05) is 140 Å². The smallest absolute Gasteiger partial charge is 0.669 e. The molecule has 0 aliphatic carbocycles. The maximum Gasteiger partial charge on any atom is 4.00 e. The molecule has 0 amide bonds. The van der Waals surface area contributed by atoms with Crippen molar-refractivity contribution in [2.75, 3.05) is 7.05 Å². The zero-order valence-corrected chi connectivity index (χ0v) is 31.3. The molecule has 6 nitrogen and oxygen atoms in total. The topological polar surface area (TPSA) is 42.3 Å². The Kier molecular flexibility index (Phi) is 13.1. The number of pyridine rings is 1. The molecule has 0 N–H and O–H groups in total. The van der Waals surface area contributed by atoms with E-state index in [0.29, 0.717) is 23.0 Å². The number of rotatable bonds is 7. The molecule has 1 aliphatic heterocycles. The Bertz CT molecular complexity index is 2170. The Morgan fingerprint density at radius 2 is 1.37 bits per heavy atom. The van der Waals surface area contributed by atoms with Crippen LogP contribution in [0.5, 0.6) is 23.0 Å². The minimum atomic E-state index is 0. The number of hydrogen-bond acceptors (Lipinski definition) is 3. The molecule has 3 heterocycles. The van der Waals surface area contributed by atoms with Crippen molar-refractivity contribution >= 4 is 11.7 Å². The van der Waals surface area contributed by atoms with Crippen LogP contribution in [0.25, 0.3) is 22.4 Å². The van der Waals surface area contributed by atoms with E-state index in [4.69, 9.17) is 15.9 Å². The van der Waals surface area contributed by atoms with Crippen molar-refractivity contribution in [3.05, 3.63) is 164 Å². The molecule has 0 atom stereocenters. The van der Waals surface area contributed by atoms with E-state index in [1.165, 1.54) is 0 Å². The summed E-state index contributed by atoms with van der Waals surface area (Å²) in [5, 5.41) is 0. The Morgan fingerprint density at radius 1 is 0.735 bits per heavy atom. The van der Waals surface area contributed by atoms with Crippen LogP contribution in [0.3, 0.4) is 0 Å². The van der Waals surface area contributed by atoms with Crippen LogP contribution in [-0.4, -0.2) is 31.8 Å². The number of para-hydroxylation sites is 1. The van der Waals surface area contributed by atoms with Crippen molar-refractivity contribution in [1.29, 1.82) is 0 Å². The van der Waals surface area contributed by atoms with Gasteiger partial charge < -0.3 is 25.4 Å². The molecule has 0 unspecified atom stereocenters. The molecule has 0 bridgehead atoms. The summed E-state index contributed by atoms with van der Waals surface area (Å²) in [5.41, 5.74) is 6.17. The first-order chi connectivity index (χ1) is 22.9. The quantitative estimate of drug-likeness (QED) is 0.0918. The Morgan fingerprint density at radius 3 is 2.00 bits per heavy atom. The van der Waals surface area contributed by atoms with Gasteiger partial charge in [0.2, 0.25) is 6.20 Å². The van der Waals surface area contributed by atoms with Gasteiger partial charge in [0.15, 0.2) is 7.05 Å². The third kappa shape index (κ3) is 9.53. The second-order valence-electron chi connectivity index (χ2n) is 10.5. The van der Waals surface area contributed by atoms with Crippen LogP contribution in [0.4, 0.5) is 5.69 Å². The molecule has 0 fully saturated rings. The molecule has 1 aliphatic rings. The summed E-state index contributed by atoms with van der Waals surface area (Å²) in [7, 11) is 1.92. The number of ether oxygens (including phenoxy) is 2. The maximum atomic E-state index is 6.86. The van der Waals surface area contributed by atoms with Gasteiger partial charge in [-0.2, -0.15) is 36.4 Å². The molecule has 49 heavy (non-hydrogen) atoms. The Balaban J connectivity index is 0.000000430.